The van der Waals surface area contributed by atoms with E-state index in [0.29, 0.717) is 12.3 Å². The van der Waals surface area contributed by atoms with Crippen molar-refractivity contribution in [1.29, 1.82) is 0 Å². The highest BCUT2D eigenvalue weighted by atomic mass is 16.1. The van der Waals surface area contributed by atoms with Crippen LogP contribution in [0, 0.1) is 12.8 Å². The summed E-state index contributed by atoms with van der Waals surface area (Å²) in [5, 5.41) is 2.97. The van der Waals surface area contributed by atoms with Crippen molar-refractivity contribution in [2.24, 2.45) is 5.92 Å². The Balaban J connectivity index is 2.08. The molecule has 0 spiro atoms. The van der Waals surface area contributed by atoms with Gasteiger partial charge in [-0.2, -0.15) is 0 Å². The van der Waals surface area contributed by atoms with Gasteiger partial charge in [0.1, 0.15) is 0 Å². The lowest BCUT2D eigenvalue weighted by Crippen LogP contribution is -2.25. The fourth-order valence-corrected chi connectivity index (χ4v) is 1.88. The second-order valence-electron chi connectivity index (χ2n) is 5.39. The highest BCUT2D eigenvalue weighted by Crippen LogP contribution is 2.07. The van der Waals surface area contributed by atoms with Crippen LogP contribution in [0.25, 0.3) is 0 Å². The van der Waals surface area contributed by atoms with Crippen LogP contribution in [-0.2, 0) is 11.2 Å². The molecule has 0 fully saturated rings. The van der Waals surface area contributed by atoms with E-state index in [-0.39, 0.29) is 5.91 Å². The summed E-state index contributed by atoms with van der Waals surface area (Å²) >= 11 is 0. The first kappa shape index (κ1) is 14.7. The molecule has 1 amide bonds. The maximum atomic E-state index is 11.4. The average molecular weight is 247 g/mol. The lowest BCUT2D eigenvalue weighted by molar-refractivity contribution is -0.121. The predicted octanol–water partition coefficient (Wildman–Crippen LogP) is 3.48. The van der Waals surface area contributed by atoms with E-state index >= 15 is 0 Å². The van der Waals surface area contributed by atoms with E-state index in [2.05, 4.69) is 50.4 Å². The van der Waals surface area contributed by atoms with E-state index in [1.807, 2.05) is 0 Å². The zero-order valence-corrected chi connectivity index (χ0v) is 11.8. The van der Waals surface area contributed by atoms with Gasteiger partial charge in [-0.05, 0) is 37.7 Å². The topological polar surface area (TPSA) is 29.1 Å². The molecule has 1 N–H and O–H groups in total. The maximum Gasteiger partial charge on any atom is 0.220 e. The Labute approximate surface area is 111 Å². The molecule has 0 saturated heterocycles. The highest BCUT2D eigenvalue weighted by molar-refractivity contribution is 5.75. The number of carbonyl (C=O) groups is 1. The van der Waals surface area contributed by atoms with Gasteiger partial charge < -0.3 is 5.32 Å². The van der Waals surface area contributed by atoms with Crippen molar-refractivity contribution in [2.45, 2.75) is 46.5 Å². The molecular formula is C16H25NO. The van der Waals surface area contributed by atoms with Gasteiger partial charge in [-0.25, -0.2) is 0 Å². The zero-order valence-electron chi connectivity index (χ0n) is 11.8. The fourth-order valence-electron chi connectivity index (χ4n) is 1.88. The SMILES string of the molecule is Cc1ccc(CCCCNC(=O)CC(C)C)cc1. The van der Waals surface area contributed by atoms with Gasteiger partial charge in [-0.1, -0.05) is 43.7 Å². The lowest BCUT2D eigenvalue weighted by Gasteiger charge is -2.07. The van der Waals surface area contributed by atoms with Gasteiger partial charge in [0.15, 0.2) is 0 Å². The summed E-state index contributed by atoms with van der Waals surface area (Å²) in [7, 11) is 0. The monoisotopic (exact) mass is 247 g/mol. The molecule has 0 atom stereocenters. The number of unbranched alkanes of at least 4 members (excludes halogenated alkanes) is 1. The minimum absolute atomic E-state index is 0.181. The zero-order chi connectivity index (χ0) is 13.4. The summed E-state index contributed by atoms with van der Waals surface area (Å²) in [6, 6.07) is 8.68. The van der Waals surface area contributed by atoms with Crippen molar-refractivity contribution in [2.75, 3.05) is 6.54 Å². The molecule has 1 aromatic rings. The molecule has 2 heteroatoms. The largest absolute Gasteiger partial charge is 0.356 e. The van der Waals surface area contributed by atoms with Crippen LogP contribution in [-0.4, -0.2) is 12.5 Å². The number of aryl methyl sites for hydroxylation is 2. The lowest BCUT2D eigenvalue weighted by atomic mass is 10.1. The smallest absolute Gasteiger partial charge is 0.220 e. The number of benzene rings is 1. The van der Waals surface area contributed by atoms with Gasteiger partial charge in [0.05, 0.1) is 0 Å². The molecule has 0 heterocycles. The van der Waals surface area contributed by atoms with Gasteiger partial charge in [0, 0.05) is 13.0 Å². The van der Waals surface area contributed by atoms with E-state index in [1.165, 1.54) is 11.1 Å². The number of carbonyl (C=O) groups excluding carboxylic acids is 1. The summed E-state index contributed by atoms with van der Waals surface area (Å²) in [5.41, 5.74) is 2.69. The van der Waals surface area contributed by atoms with Gasteiger partial charge in [-0.3, -0.25) is 4.79 Å². The quantitative estimate of drug-likeness (QED) is 0.734. The van der Waals surface area contributed by atoms with Crippen LogP contribution in [0.4, 0.5) is 0 Å². The van der Waals surface area contributed by atoms with E-state index in [9.17, 15) is 4.79 Å². The second kappa shape index (κ2) is 7.91. The van der Waals surface area contributed by atoms with Gasteiger partial charge in [0.2, 0.25) is 5.91 Å². The Kier molecular flexibility index (Phi) is 6.48. The molecule has 1 rings (SSSR count). The number of amides is 1. The standard InChI is InChI=1S/C16H25NO/c1-13(2)12-16(18)17-11-5-4-6-15-9-7-14(3)8-10-15/h7-10,13H,4-6,11-12H2,1-3H3,(H,17,18). The Bertz CT molecular complexity index is 354. The second-order valence-corrected chi connectivity index (χ2v) is 5.39. The predicted molar refractivity (Wildman–Crippen MR) is 76.6 cm³/mol. The third kappa shape index (κ3) is 6.43. The molecule has 100 valence electrons. The molecule has 0 aliphatic carbocycles. The first-order valence-electron chi connectivity index (χ1n) is 6.90. The van der Waals surface area contributed by atoms with Crippen molar-refractivity contribution < 1.29 is 4.79 Å². The molecule has 0 unspecified atom stereocenters. The third-order valence-electron chi connectivity index (χ3n) is 2.93. The first-order valence-corrected chi connectivity index (χ1v) is 6.90. The van der Waals surface area contributed by atoms with Crippen LogP contribution in [0.5, 0.6) is 0 Å². The summed E-state index contributed by atoms with van der Waals surface area (Å²) in [5.74, 6) is 0.623. The minimum atomic E-state index is 0.181. The van der Waals surface area contributed by atoms with Gasteiger partial charge >= 0.3 is 0 Å². The third-order valence-corrected chi connectivity index (χ3v) is 2.93. The minimum Gasteiger partial charge on any atom is -0.356 e. The summed E-state index contributed by atoms with van der Waals surface area (Å²) in [6.45, 7) is 7.04. The van der Waals surface area contributed by atoms with Crippen LogP contribution >= 0.6 is 0 Å². The Morgan fingerprint density at radius 1 is 1.17 bits per heavy atom. The number of nitrogens with one attached hydrogen (secondary N) is 1. The molecule has 18 heavy (non-hydrogen) atoms. The van der Waals surface area contributed by atoms with Crippen molar-refractivity contribution in [3.05, 3.63) is 35.4 Å². The van der Waals surface area contributed by atoms with Crippen molar-refractivity contribution in [3.63, 3.8) is 0 Å². The highest BCUT2D eigenvalue weighted by Gasteiger charge is 2.03. The summed E-state index contributed by atoms with van der Waals surface area (Å²) < 4.78 is 0. The Morgan fingerprint density at radius 3 is 2.44 bits per heavy atom. The van der Waals surface area contributed by atoms with E-state index in [0.717, 1.165) is 25.8 Å². The Morgan fingerprint density at radius 2 is 1.83 bits per heavy atom. The molecule has 0 saturated carbocycles. The van der Waals surface area contributed by atoms with Crippen molar-refractivity contribution in [1.82, 2.24) is 5.32 Å². The van der Waals surface area contributed by atoms with E-state index in [1.54, 1.807) is 0 Å². The number of hydrogen-bond acceptors (Lipinski definition) is 1. The first-order chi connectivity index (χ1) is 8.58. The average Bonchev–Trinajstić information content (AvgIpc) is 2.30. The van der Waals surface area contributed by atoms with Crippen LogP contribution < -0.4 is 5.32 Å². The molecule has 0 aliphatic heterocycles. The molecule has 2 nitrogen and oxygen atoms in total. The molecule has 0 aromatic heterocycles. The normalized spacial score (nSPS) is 10.7. The molecular weight excluding hydrogens is 222 g/mol. The molecule has 0 radical (unpaired) electrons. The maximum absolute atomic E-state index is 11.4. The molecule has 0 bridgehead atoms. The number of hydrogen-bond donors (Lipinski definition) is 1. The molecule has 1 aromatic carbocycles. The van der Waals surface area contributed by atoms with Gasteiger partial charge in [0.25, 0.3) is 0 Å². The summed E-state index contributed by atoms with van der Waals surface area (Å²) in [6.07, 6.45) is 3.92. The van der Waals surface area contributed by atoms with E-state index in [4.69, 9.17) is 0 Å². The fraction of sp³-hybridized carbons (Fsp3) is 0.562. The van der Waals surface area contributed by atoms with E-state index < -0.39 is 0 Å². The van der Waals surface area contributed by atoms with Crippen LogP contribution in [0.3, 0.4) is 0 Å². The van der Waals surface area contributed by atoms with Crippen LogP contribution in [0.15, 0.2) is 24.3 Å². The number of rotatable bonds is 7. The molecule has 0 aliphatic rings. The van der Waals surface area contributed by atoms with Crippen molar-refractivity contribution in [3.8, 4) is 0 Å². The van der Waals surface area contributed by atoms with Crippen molar-refractivity contribution >= 4 is 5.91 Å². The van der Waals surface area contributed by atoms with Crippen LogP contribution in [0.2, 0.25) is 0 Å². The van der Waals surface area contributed by atoms with Gasteiger partial charge in [-0.15, -0.1) is 0 Å². The summed E-state index contributed by atoms with van der Waals surface area (Å²) in [4.78, 5) is 11.4. The Hall–Kier alpha value is -1.31. The van der Waals surface area contributed by atoms with Crippen LogP contribution in [0.1, 0.15) is 44.2 Å².